The van der Waals surface area contributed by atoms with E-state index in [1.807, 2.05) is 42.2 Å². The number of likely N-dealkylation sites (N-methyl/N-ethyl adjacent to an activating group) is 1. The highest BCUT2D eigenvalue weighted by Crippen LogP contribution is 2.28. The summed E-state index contributed by atoms with van der Waals surface area (Å²) in [5.74, 6) is 0.202. The highest BCUT2D eigenvalue weighted by atomic mass is 16.2. The lowest BCUT2D eigenvalue weighted by atomic mass is 10.1. The molecule has 0 radical (unpaired) electrons. The summed E-state index contributed by atoms with van der Waals surface area (Å²) >= 11 is 0. The second-order valence-corrected chi connectivity index (χ2v) is 6.09. The van der Waals surface area contributed by atoms with Gasteiger partial charge in [0, 0.05) is 18.8 Å². The Morgan fingerprint density at radius 1 is 1.13 bits per heavy atom. The van der Waals surface area contributed by atoms with Gasteiger partial charge in [-0.1, -0.05) is 55.5 Å². The molecule has 1 aliphatic heterocycles. The van der Waals surface area contributed by atoms with Crippen LogP contribution in [0, 0.1) is 0 Å². The van der Waals surface area contributed by atoms with Crippen LogP contribution < -0.4 is 4.90 Å². The van der Waals surface area contributed by atoms with E-state index in [1.165, 1.54) is 11.1 Å². The van der Waals surface area contributed by atoms with E-state index in [2.05, 4.69) is 36.1 Å². The molecule has 0 N–H and O–H groups in total. The van der Waals surface area contributed by atoms with Crippen molar-refractivity contribution in [3.8, 4) is 0 Å². The molecule has 2 aromatic rings. The number of nitrogens with zero attached hydrogens (tertiary/aromatic N) is 2. The van der Waals surface area contributed by atoms with Crippen molar-refractivity contribution in [3.05, 3.63) is 65.7 Å². The van der Waals surface area contributed by atoms with Gasteiger partial charge in [0.25, 0.3) is 0 Å². The van der Waals surface area contributed by atoms with Crippen LogP contribution in [0.25, 0.3) is 0 Å². The van der Waals surface area contributed by atoms with Gasteiger partial charge in [-0.3, -0.25) is 9.69 Å². The minimum absolute atomic E-state index is 0.119. The average molecular weight is 308 g/mol. The molecule has 1 heterocycles. The molecule has 3 nitrogen and oxygen atoms in total. The minimum Gasteiger partial charge on any atom is -0.310 e. The smallest absolute Gasteiger partial charge is 0.244 e. The summed E-state index contributed by atoms with van der Waals surface area (Å²) in [5, 5.41) is 0. The van der Waals surface area contributed by atoms with E-state index in [9.17, 15) is 4.79 Å². The third kappa shape index (κ3) is 3.30. The molecule has 0 saturated carbocycles. The number of carbonyl (C=O) groups is 1. The summed E-state index contributed by atoms with van der Waals surface area (Å²) < 4.78 is 0. The number of hydrogen-bond acceptors (Lipinski definition) is 2. The van der Waals surface area contributed by atoms with E-state index in [0.29, 0.717) is 0 Å². The molecule has 0 aromatic heterocycles. The number of rotatable bonds is 5. The maximum absolute atomic E-state index is 13.0. The molecule has 3 rings (SSSR count). The topological polar surface area (TPSA) is 23.6 Å². The normalized spacial score (nSPS) is 14.8. The average Bonchev–Trinajstić information content (AvgIpc) is 3.03. The van der Waals surface area contributed by atoms with Crippen molar-refractivity contribution in [2.75, 3.05) is 18.0 Å². The van der Waals surface area contributed by atoms with Crippen molar-refractivity contribution >= 4 is 11.6 Å². The summed E-state index contributed by atoms with van der Waals surface area (Å²) in [6, 6.07) is 18.5. The van der Waals surface area contributed by atoms with Gasteiger partial charge in [-0.15, -0.1) is 0 Å². The third-order valence-corrected chi connectivity index (χ3v) is 4.69. The first kappa shape index (κ1) is 15.8. The van der Waals surface area contributed by atoms with E-state index in [1.54, 1.807) is 0 Å². The molecular formula is C20H24N2O. The van der Waals surface area contributed by atoms with Crippen molar-refractivity contribution in [2.24, 2.45) is 0 Å². The molecule has 0 fully saturated rings. The molecule has 1 unspecified atom stereocenters. The molecule has 2 aromatic carbocycles. The molecule has 0 saturated heterocycles. The predicted molar refractivity (Wildman–Crippen MR) is 94.5 cm³/mol. The van der Waals surface area contributed by atoms with Crippen LogP contribution in [0.4, 0.5) is 5.69 Å². The third-order valence-electron chi connectivity index (χ3n) is 4.69. The van der Waals surface area contributed by atoms with Gasteiger partial charge < -0.3 is 4.90 Å². The van der Waals surface area contributed by atoms with Crippen LogP contribution in [0.5, 0.6) is 0 Å². The molecule has 3 heteroatoms. The van der Waals surface area contributed by atoms with Gasteiger partial charge in [0.2, 0.25) is 5.91 Å². The molecule has 1 amide bonds. The Labute approximate surface area is 138 Å². The molecule has 0 spiro atoms. The minimum atomic E-state index is -0.119. The van der Waals surface area contributed by atoms with Gasteiger partial charge in [-0.2, -0.15) is 0 Å². The van der Waals surface area contributed by atoms with Crippen molar-refractivity contribution in [3.63, 3.8) is 0 Å². The number of fused-ring (bicyclic) bond motifs is 1. The Balaban J connectivity index is 1.74. The van der Waals surface area contributed by atoms with Crippen LogP contribution in [0.3, 0.4) is 0 Å². The number of benzene rings is 2. The maximum atomic E-state index is 13.0. The molecule has 1 aliphatic rings. The van der Waals surface area contributed by atoms with E-state index in [4.69, 9.17) is 0 Å². The van der Waals surface area contributed by atoms with Gasteiger partial charge >= 0.3 is 0 Å². The Kier molecular flexibility index (Phi) is 4.77. The largest absolute Gasteiger partial charge is 0.310 e. The monoisotopic (exact) mass is 308 g/mol. The van der Waals surface area contributed by atoms with Crippen molar-refractivity contribution in [1.82, 2.24) is 4.90 Å². The summed E-state index contributed by atoms with van der Waals surface area (Å²) in [7, 11) is 0. The molecule has 23 heavy (non-hydrogen) atoms. The first-order valence-corrected chi connectivity index (χ1v) is 8.38. The van der Waals surface area contributed by atoms with Crippen LogP contribution in [-0.4, -0.2) is 29.9 Å². The molecule has 0 bridgehead atoms. The molecular weight excluding hydrogens is 284 g/mol. The molecule has 1 atom stereocenters. The van der Waals surface area contributed by atoms with Gasteiger partial charge in [0.1, 0.15) is 0 Å². The quantitative estimate of drug-likeness (QED) is 0.844. The fraction of sp³-hybridized carbons (Fsp3) is 0.350. The lowest BCUT2D eigenvalue weighted by Crippen LogP contribution is -2.46. The van der Waals surface area contributed by atoms with Crippen LogP contribution in [0.2, 0.25) is 0 Å². The summed E-state index contributed by atoms with van der Waals surface area (Å²) in [5.41, 5.74) is 3.61. The highest BCUT2D eigenvalue weighted by molar-refractivity contribution is 5.98. The zero-order valence-electron chi connectivity index (χ0n) is 13.9. The Bertz CT molecular complexity index is 668. The maximum Gasteiger partial charge on any atom is 0.244 e. The van der Waals surface area contributed by atoms with Gasteiger partial charge in [-0.25, -0.2) is 0 Å². The SMILES string of the molecule is CCN(Cc1ccccc1)C(C)C(=O)N1CCc2ccccc21. The van der Waals surface area contributed by atoms with Crippen LogP contribution >= 0.6 is 0 Å². The van der Waals surface area contributed by atoms with E-state index < -0.39 is 0 Å². The number of carbonyl (C=O) groups excluding carboxylic acids is 1. The summed E-state index contributed by atoms with van der Waals surface area (Å²) in [4.78, 5) is 17.2. The summed E-state index contributed by atoms with van der Waals surface area (Å²) in [6.07, 6.45) is 0.958. The van der Waals surface area contributed by atoms with Crippen molar-refractivity contribution in [1.29, 1.82) is 0 Å². The van der Waals surface area contributed by atoms with Crippen molar-refractivity contribution in [2.45, 2.75) is 32.9 Å². The van der Waals surface area contributed by atoms with Crippen LogP contribution in [0.15, 0.2) is 54.6 Å². The fourth-order valence-corrected chi connectivity index (χ4v) is 3.29. The zero-order valence-corrected chi connectivity index (χ0v) is 13.9. The molecule has 120 valence electrons. The van der Waals surface area contributed by atoms with E-state index >= 15 is 0 Å². The highest BCUT2D eigenvalue weighted by Gasteiger charge is 2.30. The lowest BCUT2D eigenvalue weighted by Gasteiger charge is -2.30. The lowest BCUT2D eigenvalue weighted by molar-refractivity contribution is -0.123. The second-order valence-electron chi connectivity index (χ2n) is 6.09. The van der Waals surface area contributed by atoms with Crippen LogP contribution in [0.1, 0.15) is 25.0 Å². The van der Waals surface area contributed by atoms with Crippen LogP contribution in [-0.2, 0) is 17.8 Å². The van der Waals surface area contributed by atoms with Gasteiger partial charge in [0.05, 0.1) is 6.04 Å². The second kappa shape index (κ2) is 6.97. The van der Waals surface area contributed by atoms with Gasteiger partial charge in [0.15, 0.2) is 0 Å². The number of hydrogen-bond donors (Lipinski definition) is 0. The Morgan fingerprint density at radius 3 is 2.57 bits per heavy atom. The number of amides is 1. The Morgan fingerprint density at radius 2 is 1.83 bits per heavy atom. The number of para-hydroxylation sites is 1. The summed E-state index contributed by atoms with van der Waals surface area (Å²) in [6.45, 7) is 6.60. The fourth-order valence-electron chi connectivity index (χ4n) is 3.29. The first-order chi connectivity index (χ1) is 11.2. The van der Waals surface area contributed by atoms with Crippen molar-refractivity contribution < 1.29 is 4.79 Å². The van der Waals surface area contributed by atoms with E-state index in [-0.39, 0.29) is 11.9 Å². The Hall–Kier alpha value is -2.13. The molecule has 0 aliphatic carbocycles. The first-order valence-electron chi connectivity index (χ1n) is 8.38. The predicted octanol–water partition coefficient (Wildman–Crippen LogP) is 3.49. The standard InChI is InChI=1S/C20H24N2O/c1-3-21(15-17-9-5-4-6-10-17)16(2)20(23)22-14-13-18-11-7-8-12-19(18)22/h4-12,16H,3,13-15H2,1-2H3. The zero-order chi connectivity index (χ0) is 16.2. The van der Waals surface area contributed by atoms with E-state index in [0.717, 1.165) is 31.7 Å². The number of anilines is 1. The van der Waals surface area contributed by atoms with Gasteiger partial charge in [-0.05, 0) is 37.1 Å².